The highest BCUT2D eigenvalue weighted by molar-refractivity contribution is 5.75. The average molecular weight is 196 g/mol. The van der Waals surface area contributed by atoms with Crippen LogP contribution in [0, 0.1) is 0 Å². The maximum Gasteiger partial charge on any atom is 0.180 e. The van der Waals surface area contributed by atoms with E-state index >= 15 is 0 Å². The maximum atomic E-state index is 5.73. The van der Waals surface area contributed by atoms with Crippen LogP contribution in [0.25, 0.3) is 0 Å². The number of nitrogens with zero attached hydrogens (tertiary/aromatic N) is 2. The molecule has 80 valence electrons. The number of hydrogen-bond donors (Lipinski definition) is 0. The second kappa shape index (κ2) is 3.73. The molecule has 0 bridgehead atoms. The number of rotatable bonds is 3. The van der Waals surface area contributed by atoms with Gasteiger partial charge in [-0.1, -0.05) is 6.08 Å². The van der Waals surface area contributed by atoms with Gasteiger partial charge < -0.3 is 4.74 Å². The Hall–Kier alpha value is -0.830. The first-order chi connectivity index (χ1) is 6.41. The molecule has 3 heteroatoms. The molecule has 1 aliphatic rings. The Morgan fingerprint density at radius 2 is 2.14 bits per heavy atom. The summed E-state index contributed by atoms with van der Waals surface area (Å²) in [6.45, 7) is 9.98. The van der Waals surface area contributed by atoms with Crippen molar-refractivity contribution in [2.24, 2.45) is 4.99 Å². The van der Waals surface area contributed by atoms with E-state index in [0.717, 1.165) is 5.90 Å². The molecule has 0 aromatic carbocycles. The molecule has 0 saturated heterocycles. The summed E-state index contributed by atoms with van der Waals surface area (Å²) in [4.78, 5) is 6.51. The van der Waals surface area contributed by atoms with E-state index in [1.807, 2.05) is 27.1 Å². The topological polar surface area (TPSA) is 24.8 Å². The fraction of sp³-hybridized carbons (Fsp3) is 0.727. The van der Waals surface area contributed by atoms with Gasteiger partial charge in [0.05, 0.1) is 11.6 Å². The van der Waals surface area contributed by atoms with Gasteiger partial charge in [0, 0.05) is 6.92 Å². The van der Waals surface area contributed by atoms with Gasteiger partial charge in [0.15, 0.2) is 5.90 Å². The van der Waals surface area contributed by atoms with Crippen molar-refractivity contribution in [1.82, 2.24) is 4.90 Å². The predicted octanol–water partition coefficient (Wildman–Crippen LogP) is 1.70. The van der Waals surface area contributed by atoms with E-state index in [1.54, 1.807) is 0 Å². The van der Waals surface area contributed by atoms with Gasteiger partial charge in [0.2, 0.25) is 0 Å². The molecule has 0 aromatic rings. The van der Waals surface area contributed by atoms with E-state index in [0.29, 0.717) is 0 Å². The Morgan fingerprint density at radius 1 is 1.57 bits per heavy atom. The fourth-order valence-electron chi connectivity index (χ4n) is 1.83. The van der Waals surface area contributed by atoms with Gasteiger partial charge in [0.1, 0.15) is 6.10 Å². The third kappa shape index (κ3) is 1.69. The lowest BCUT2D eigenvalue weighted by atomic mass is 9.89. The third-order valence-electron chi connectivity index (χ3n) is 3.07. The Kier molecular flexibility index (Phi) is 3.00. The quantitative estimate of drug-likeness (QED) is 0.642. The van der Waals surface area contributed by atoms with Gasteiger partial charge in [-0.05, 0) is 27.9 Å². The Bertz CT molecular complexity index is 260. The van der Waals surface area contributed by atoms with Crippen LogP contribution in [0.2, 0.25) is 0 Å². The van der Waals surface area contributed by atoms with Gasteiger partial charge in [-0.25, -0.2) is 4.99 Å². The molecule has 0 radical (unpaired) electrons. The number of ether oxygens (including phenoxy) is 1. The lowest BCUT2D eigenvalue weighted by Gasteiger charge is -2.39. The highest BCUT2D eigenvalue weighted by Crippen LogP contribution is 2.28. The minimum atomic E-state index is -0.166. The molecule has 1 aliphatic heterocycles. The molecule has 0 fully saturated rings. The van der Waals surface area contributed by atoms with Crippen molar-refractivity contribution in [3.05, 3.63) is 12.7 Å². The van der Waals surface area contributed by atoms with Crippen LogP contribution in [0.5, 0.6) is 0 Å². The van der Waals surface area contributed by atoms with Gasteiger partial charge in [-0.15, -0.1) is 6.58 Å². The Labute approximate surface area is 86.5 Å². The van der Waals surface area contributed by atoms with Crippen LogP contribution >= 0.6 is 0 Å². The second-order valence-electron chi connectivity index (χ2n) is 4.25. The Morgan fingerprint density at radius 3 is 2.43 bits per heavy atom. The van der Waals surface area contributed by atoms with Gasteiger partial charge in [-0.2, -0.15) is 0 Å². The first-order valence-corrected chi connectivity index (χ1v) is 4.94. The summed E-state index contributed by atoms with van der Waals surface area (Å²) in [5.41, 5.74) is -0.166. The highest BCUT2D eigenvalue weighted by Gasteiger charge is 2.42. The largest absolute Gasteiger partial charge is 0.473 e. The van der Waals surface area contributed by atoms with E-state index in [9.17, 15) is 0 Å². The van der Waals surface area contributed by atoms with Gasteiger partial charge >= 0.3 is 0 Å². The molecule has 0 amide bonds. The summed E-state index contributed by atoms with van der Waals surface area (Å²) in [5, 5.41) is 0. The molecule has 14 heavy (non-hydrogen) atoms. The molecule has 0 spiro atoms. The van der Waals surface area contributed by atoms with Crippen LogP contribution in [0.3, 0.4) is 0 Å². The number of aliphatic imine (C=N–C) groups is 1. The van der Waals surface area contributed by atoms with Crippen LogP contribution in [0.1, 0.15) is 20.8 Å². The predicted molar refractivity (Wildman–Crippen MR) is 59.7 cm³/mol. The third-order valence-corrected chi connectivity index (χ3v) is 3.07. The van der Waals surface area contributed by atoms with Crippen LogP contribution in [-0.2, 0) is 4.74 Å². The zero-order valence-corrected chi connectivity index (χ0v) is 9.74. The van der Waals surface area contributed by atoms with E-state index in [1.165, 1.54) is 0 Å². The fourth-order valence-corrected chi connectivity index (χ4v) is 1.83. The van der Waals surface area contributed by atoms with Crippen LogP contribution < -0.4 is 0 Å². The molecule has 0 aliphatic carbocycles. The monoisotopic (exact) mass is 196 g/mol. The number of hydrogen-bond acceptors (Lipinski definition) is 3. The molecule has 1 rings (SSSR count). The molecule has 0 N–H and O–H groups in total. The van der Waals surface area contributed by atoms with Crippen molar-refractivity contribution in [1.29, 1.82) is 0 Å². The van der Waals surface area contributed by atoms with E-state index in [-0.39, 0.29) is 17.7 Å². The first-order valence-electron chi connectivity index (χ1n) is 4.94. The molecule has 3 nitrogen and oxygen atoms in total. The van der Waals surface area contributed by atoms with E-state index < -0.39 is 0 Å². The minimum Gasteiger partial charge on any atom is -0.473 e. The second-order valence-corrected chi connectivity index (χ2v) is 4.25. The lowest BCUT2D eigenvalue weighted by Crippen LogP contribution is -2.53. The highest BCUT2D eigenvalue weighted by atomic mass is 16.5. The summed E-state index contributed by atoms with van der Waals surface area (Å²) in [6, 6.07) is 0.195. The van der Waals surface area contributed by atoms with Crippen molar-refractivity contribution < 1.29 is 4.74 Å². The zero-order valence-electron chi connectivity index (χ0n) is 9.74. The average Bonchev–Trinajstić information content (AvgIpc) is 2.44. The van der Waals surface area contributed by atoms with Crippen LogP contribution in [-0.4, -0.2) is 42.6 Å². The molecule has 1 heterocycles. The summed E-state index contributed by atoms with van der Waals surface area (Å²) < 4.78 is 5.73. The van der Waals surface area contributed by atoms with E-state index in [4.69, 9.17) is 4.74 Å². The maximum absolute atomic E-state index is 5.73. The minimum absolute atomic E-state index is 0.0648. The molecule has 0 aromatic heterocycles. The number of likely N-dealkylation sites (N-methyl/N-ethyl adjacent to an activating group) is 1. The SMILES string of the molecule is C=CC(C)(C1OC(C)=NC1C)N(C)C. The van der Waals surface area contributed by atoms with Crippen LogP contribution in [0.15, 0.2) is 17.6 Å². The summed E-state index contributed by atoms with van der Waals surface area (Å²) >= 11 is 0. The van der Waals surface area contributed by atoms with Crippen LogP contribution in [0.4, 0.5) is 0 Å². The summed E-state index contributed by atoms with van der Waals surface area (Å²) in [6.07, 6.45) is 2.00. The standard InChI is InChI=1S/C11H20N2O/c1-7-11(4,13(5)6)10-8(2)12-9(3)14-10/h7-8,10H,1H2,2-6H3. The van der Waals surface area contributed by atoms with E-state index in [2.05, 4.69) is 30.3 Å². The smallest absolute Gasteiger partial charge is 0.180 e. The Balaban J connectivity index is 2.88. The molecular formula is C11H20N2O. The normalized spacial score (nSPS) is 30.9. The summed E-state index contributed by atoms with van der Waals surface area (Å²) in [7, 11) is 4.07. The molecule has 0 saturated carbocycles. The van der Waals surface area contributed by atoms with Crippen molar-refractivity contribution in [2.75, 3.05) is 14.1 Å². The molecular weight excluding hydrogens is 176 g/mol. The first kappa shape index (κ1) is 11.2. The van der Waals surface area contributed by atoms with Gasteiger partial charge in [0.25, 0.3) is 0 Å². The van der Waals surface area contributed by atoms with Crippen molar-refractivity contribution in [2.45, 2.75) is 38.5 Å². The zero-order chi connectivity index (χ0) is 10.9. The molecule has 3 unspecified atom stereocenters. The van der Waals surface area contributed by atoms with Crippen molar-refractivity contribution in [3.8, 4) is 0 Å². The molecule has 3 atom stereocenters. The van der Waals surface area contributed by atoms with Crippen molar-refractivity contribution in [3.63, 3.8) is 0 Å². The van der Waals surface area contributed by atoms with Gasteiger partial charge in [-0.3, -0.25) is 4.90 Å². The van der Waals surface area contributed by atoms with Crippen molar-refractivity contribution >= 4 is 5.90 Å². The summed E-state index contributed by atoms with van der Waals surface area (Å²) in [5.74, 6) is 0.775. The lowest BCUT2D eigenvalue weighted by molar-refractivity contribution is 0.0508.